The fourth-order valence-corrected chi connectivity index (χ4v) is 20.9. The molecule has 0 aromatic heterocycles. The Morgan fingerprint density at radius 2 is 0.968 bits per heavy atom. The van der Waals surface area contributed by atoms with Gasteiger partial charge >= 0.3 is 177 Å². The van der Waals surface area contributed by atoms with Gasteiger partial charge in [-0.15, -0.1) is 24.8 Å². The molecule has 1 aliphatic heterocycles. The van der Waals surface area contributed by atoms with Gasteiger partial charge in [0, 0.05) is 0 Å². The van der Waals surface area contributed by atoms with Crippen molar-refractivity contribution >= 4 is 37.0 Å². The number of rotatable bonds is 6. The van der Waals surface area contributed by atoms with Gasteiger partial charge in [0.2, 0.25) is 0 Å². The van der Waals surface area contributed by atoms with E-state index >= 15 is 0 Å². The Morgan fingerprint density at radius 1 is 0.613 bits per heavy atom. The maximum absolute atomic E-state index is 5.80. The van der Waals surface area contributed by atoms with Gasteiger partial charge in [-0.2, -0.15) is 0 Å². The SMILES string of the molecule is COc1ccc(OC)c2c1C=C[CH]2[Zr]1([CH]2C=Cc3c(OC)ccc(OC)c32)[CH2][CH2]1.Cl.Cl. The van der Waals surface area contributed by atoms with Gasteiger partial charge in [0.1, 0.15) is 0 Å². The topological polar surface area (TPSA) is 36.9 Å². The summed E-state index contributed by atoms with van der Waals surface area (Å²) in [4.78, 5) is 0. The molecule has 2 unspecified atom stereocenters. The van der Waals surface area contributed by atoms with Crippen LogP contribution in [0, 0.1) is 0 Å². The molecule has 0 spiro atoms. The molecule has 1 fully saturated rings. The zero-order valence-corrected chi connectivity index (χ0v) is 22.2. The van der Waals surface area contributed by atoms with Crippen molar-refractivity contribution in [1.29, 1.82) is 0 Å². The fourth-order valence-electron chi connectivity index (χ4n) is 5.39. The minimum atomic E-state index is -2.63. The summed E-state index contributed by atoms with van der Waals surface area (Å²) in [6, 6.07) is 8.14. The molecule has 31 heavy (non-hydrogen) atoms. The molecule has 3 aliphatic rings. The van der Waals surface area contributed by atoms with E-state index in [4.69, 9.17) is 18.9 Å². The van der Waals surface area contributed by atoms with Crippen molar-refractivity contribution in [2.75, 3.05) is 28.4 Å². The van der Waals surface area contributed by atoms with Crippen LogP contribution in [0.1, 0.15) is 29.5 Å². The number of halogens is 2. The molecule has 2 aromatic carbocycles. The average Bonchev–Trinajstić information content (AvgIpc) is 3.22. The predicted molar refractivity (Wildman–Crippen MR) is 127 cm³/mol. The number of hydrogen-bond donors (Lipinski definition) is 0. The first-order valence-electron chi connectivity index (χ1n) is 10.0. The summed E-state index contributed by atoms with van der Waals surface area (Å²) in [5.41, 5.74) is 5.06. The fraction of sp³-hybridized carbons (Fsp3) is 0.333. The Kier molecular flexibility index (Phi) is 7.20. The van der Waals surface area contributed by atoms with Crippen LogP contribution in [0.2, 0.25) is 8.26 Å². The molecule has 0 bridgehead atoms. The summed E-state index contributed by atoms with van der Waals surface area (Å²) < 4.78 is 26.6. The van der Waals surface area contributed by atoms with Gasteiger partial charge in [0.15, 0.2) is 0 Å². The van der Waals surface area contributed by atoms with Crippen molar-refractivity contribution in [3.8, 4) is 23.0 Å². The van der Waals surface area contributed by atoms with Crippen LogP contribution in [-0.4, -0.2) is 28.4 Å². The molecule has 166 valence electrons. The van der Waals surface area contributed by atoms with Crippen LogP contribution >= 0.6 is 24.8 Å². The summed E-state index contributed by atoms with van der Waals surface area (Å²) in [7, 11) is 7.02. The van der Waals surface area contributed by atoms with E-state index < -0.39 is 20.3 Å². The quantitative estimate of drug-likeness (QED) is 0.423. The molecule has 7 heteroatoms. The number of benzene rings is 2. The van der Waals surface area contributed by atoms with E-state index in [0.29, 0.717) is 7.25 Å². The van der Waals surface area contributed by atoms with E-state index in [2.05, 4.69) is 36.4 Å². The van der Waals surface area contributed by atoms with E-state index in [1.165, 1.54) is 30.5 Å². The van der Waals surface area contributed by atoms with Gasteiger partial charge in [0.25, 0.3) is 0 Å². The Labute approximate surface area is 200 Å². The number of fused-ring (bicyclic) bond motifs is 2. The molecule has 2 aromatic rings. The molecule has 4 nitrogen and oxygen atoms in total. The van der Waals surface area contributed by atoms with Gasteiger partial charge in [-0.25, -0.2) is 0 Å². The molecule has 0 radical (unpaired) electrons. The number of methoxy groups -OCH3 is 4. The van der Waals surface area contributed by atoms with Crippen molar-refractivity contribution in [3.05, 3.63) is 58.7 Å². The Hall–Kier alpha value is -1.42. The molecule has 5 rings (SSSR count). The number of hydrogen-bond acceptors (Lipinski definition) is 4. The normalized spacial score (nSPS) is 20.8. The third-order valence-electron chi connectivity index (χ3n) is 6.89. The van der Waals surface area contributed by atoms with Crippen LogP contribution in [0.3, 0.4) is 0 Å². The predicted octanol–water partition coefficient (Wildman–Crippen LogP) is 6.40. The second kappa shape index (κ2) is 9.21. The first-order valence-corrected chi connectivity index (χ1v) is 16.4. The molecule has 0 N–H and O–H groups in total. The van der Waals surface area contributed by atoms with E-state index in [0.717, 1.165) is 23.0 Å². The number of allylic oxidation sites excluding steroid dienone is 2. The Balaban J connectivity index is 0.00000136. The standard InChI is InChI=1S/2C11H11O2.C2H4.2ClH.Zr/c2*1-12-10-6-7-11(13-2)9-5-3-4-8(9)10;1-2;;;/h2*3-7H,1-2H3;1-2H2;2*1H;. The van der Waals surface area contributed by atoms with Crippen LogP contribution in [0.5, 0.6) is 23.0 Å². The summed E-state index contributed by atoms with van der Waals surface area (Å²) >= 11 is -2.63. The minimum Gasteiger partial charge on any atom is -0.147 e. The van der Waals surface area contributed by atoms with E-state index in [9.17, 15) is 0 Å². The van der Waals surface area contributed by atoms with Crippen LogP contribution in [0.15, 0.2) is 36.4 Å². The molecule has 0 amide bonds. The third kappa shape index (κ3) is 3.54. The maximum Gasteiger partial charge on any atom is -0.147 e. The van der Waals surface area contributed by atoms with Gasteiger partial charge in [-0.05, 0) is 0 Å². The third-order valence-corrected chi connectivity index (χ3v) is 19.4. The molecule has 2 aliphatic carbocycles. The molecular weight excluding hydrogens is 514 g/mol. The van der Waals surface area contributed by atoms with Gasteiger partial charge in [-0.1, -0.05) is 0 Å². The Bertz CT molecular complexity index is 967. The Morgan fingerprint density at radius 3 is 1.29 bits per heavy atom. The van der Waals surface area contributed by atoms with Crippen molar-refractivity contribution < 1.29 is 39.2 Å². The molecule has 1 saturated heterocycles. The molecule has 2 atom stereocenters. The smallest absolute Gasteiger partial charge is 0.147 e. The van der Waals surface area contributed by atoms with Crippen molar-refractivity contribution in [3.63, 3.8) is 0 Å². The second-order valence-electron chi connectivity index (χ2n) is 8.00. The van der Waals surface area contributed by atoms with Crippen molar-refractivity contribution in [1.82, 2.24) is 0 Å². The van der Waals surface area contributed by atoms with Gasteiger partial charge < -0.3 is 0 Å². The van der Waals surface area contributed by atoms with Crippen molar-refractivity contribution in [2.45, 2.75) is 15.5 Å². The van der Waals surface area contributed by atoms with Crippen LogP contribution in [0.4, 0.5) is 0 Å². The van der Waals surface area contributed by atoms with E-state index in [1.807, 2.05) is 12.1 Å². The molecular formula is C24H28Cl2O4Zr. The van der Waals surface area contributed by atoms with Gasteiger partial charge in [0.05, 0.1) is 0 Å². The zero-order chi connectivity index (χ0) is 20.2. The van der Waals surface area contributed by atoms with Gasteiger partial charge in [-0.3, -0.25) is 0 Å². The summed E-state index contributed by atoms with van der Waals surface area (Å²) in [6.45, 7) is 0. The minimum absolute atomic E-state index is 0. The van der Waals surface area contributed by atoms with Crippen molar-refractivity contribution in [2.24, 2.45) is 0 Å². The maximum atomic E-state index is 5.80. The zero-order valence-electron chi connectivity index (χ0n) is 18.1. The van der Waals surface area contributed by atoms with Crippen LogP contribution < -0.4 is 18.9 Å². The summed E-state index contributed by atoms with van der Waals surface area (Å²) in [5.74, 6) is 3.84. The number of ether oxygens (including phenoxy) is 4. The molecule has 0 saturated carbocycles. The first kappa shape index (κ1) is 24.2. The van der Waals surface area contributed by atoms with Crippen LogP contribution in [0.25, 0.3) is 12.2 Å². The second-order valence-corrected chi connectivity index (χ2v) is 19.6. The summed E-state index contributed by atoms with van der Waals surface area (Å²) in [6.07, 6.45) is 9.36. The van der Waals surface area contributed by atoms with Crippen LogP contribution in [-0.2, 0) is 20.3 Å². The van der Waals surface area contributed by atoms with E-state index in [-0.39, 0.29) is 24.8 Å². The monoisotopic (exact) mass is 540 g/mol. The van der Waals surface area contributed by atoms with E-state index in [1.54, 1.807) is 28.4 Å². The molecule has 1 heterocycles. The average molecular weight is 543 g/mol. The summed E-state index contributed by atoms with van der Waals surface area (Å²) in [5, 5.41) is 0. The largest absolute Gasteiger partial charge is 0.147 e. The first-order chi connectivity index (χ1) is 14.2.